The van der Waals surface area contributed by atoms with Crippen LogP contribution in [0.1, 0.15) is 18.9 Å². The number of hydrogen-bond donors (Lipinski definition) is 1. The van der Waals surface area contributed by atoms with Gasteiger partial charge in [0.15, 0.2) is 0 Å². The van der Waals surface area contributed by atoms with Gasteiger partial charge in [-0.05, 0) is 49.2 Å². The van der Waals surface area contributed by atoms with E-state index >= 15 is 0 Å². The first kappa shape index (κ1) is 14.3. The number of rotatable bonds is 7. The van der Waals surface area contributed by atoms with Crippen LogP contribution in [0.2, 0.25) is 0 Å². The fourth-order valence-electron chi connectivity index (χ4n) is 1.39. The largest absolute Gasteiger partial charge is 0.489 e. The van der Waals surface area contributed by atoms with E-state index in [2.05, 4.69) is 41.7 Å². The maximum atomic E-state index is 5.67. The van der Waals surface area contributed by atoms with Crippen LogP contribution < -0.4 is 10.1 Å². The van der Waals surface area contributed by atoms with Crippen LogP contribution >= 0.6 is 15.9 Å². The predicted octanol–water partition coefficient (Wildman–Crippen LogP) is 3.69. The number of aryl methyl sites for hydroxylation is 1. The minimum Gasteiger partial charge on any atom is -0.489 e. The number of hydrogen-bond acceptors (Lipinski definition) is 2. The zero-order chi connectivity index (χ0) is 12.7. The molecule has 0 atom stereocenters. The predicted molar refractivity (Wildman–Crippen MR) is 76.7 cm³/mol. The summed E-state index contributed by atoms with van der Waals surface area (Å²) in [6, 6.07) is 5.99. The minimum absolute atomic E-state index is 0.567. The Kier molecular flexibility index (Phi) is 6.30. The molecule has 2 nitrogen and oxygen atoms in total. The highest BCUT2D eigenvalue weighted by molar-refractivity contribution is 9.10. The second-order valence-electron chi connectivity index (χ2n) is 4.13. The van der Waals surface area contributed by atoms with Crippen LogP contribution in [0.5, 0.6) is 5.75 Å². The molecule has 0 saturated heterocycles. The summed E-state index contributed by atoms with van der Waals surface area (Å²) in [4.78, 5) is 0. The Morgan fingerprint density at radius 2 is 2.24 bits per heavy atom. The van der Waals surface area contributed by atoms with Gasteiger partial charge in [0.25, 0.3) is 0 Å². The zero-order valence-electron chi connectivity index (χ0n) is 10.6. The SMILES string of the molecule is C=C(CNCCC)COc1ccc(Br)c(C)c1. The van der Waals surface area contributed by atoms with Crippen molar-refractivity contribution in [1.29, 1.82) is 0 Å². The van der Waals surface area contributed by atoms with Crippen LogP contribution in [0.25, 0.3) is 0 Å². The summed E-state index contributed by atoms with van der Waals surface area (Å²) in [5.74, 6) is 0.891. The molecule has 94 valence electrons. The van der Waals surface area contributed by atoms with Gasteiger partial charge in [-0.25, -0.2) is 0 Å². The standard InChI is InChI=1S/C14H20BrNO/c1-4-7-16-9-11(2)10-17-13-5-6-14(15)12(3)8-13/h5-6,8,16H,2,4,7,9-10H2,1,3H3. The molecule has 0 saturated carbocycles. The van der Waals surface area contributed by atoms with E-state index in [1.807, 2.05) is 18.2 Å². The first-order valence-corrected chi connectivity index (χ1v) is 6.69. The molecular weight excluding hydrogens is 278 g/mol. The molecule has 0 radical (unpaired) electrons. The lowest BCUT2D eigenvalue weighted by Gasteiger charge is -2.10. The van der Waals surface area contributed by atoms with Gasteiger partial charge >= 0.3 is 0 Å². The average Bonchev–Trinajstić information content (AvgIpc) is 2.31. The molecule has 0 aliphatic heterocycles. The number of halogens is 1. The van der Waals surface area contributed by atoms with Gasteiger partial charge in [0.2, 0.25) is 0 Å². The molecule has 0 unspecified atom stereocenters. The lowest BCUT2D eigenvalue weighted by Crippen LogP contribution is -2.20. The van der Waals surface area contributed by atoms with E-state index in [-0.39, 0.29) is 0 Å². The third-order valence-corrected chi connectivity index (χ3v) is 3.26. The number of benzene rings is 1. The molecule has 0 fully saturated rings. The molecule has 0 heterocycles. The molecule has 17 heavy (non-hydrogen) atoms. The van der Waals surface area contributed by atoms with Gasteiger partial charge in [-0.2, -0.15) is 0 Å². The molecule has 0 spiro atoms. The van der Waals surface area contributed by atoms with Gasteiger partial charge in [-0.3, -0.25) is 0 Å². The van der Waals surface area contributed by atoms with Crippen molar-refractivity contribution in [3.8, 4) is 5.75 Å². The molecule has 0 amide bonds. The summed E-state index contributed by atoms with van der Waals surface area (Å²) >= 11 is 3.47. The van der Waals surface area contributed by atoms with Crippen LogP contribution in [0.15, 0.2) is 34.8 Å². The van der Waals surface area contributed by atoms with Crippen LogP contribution in [0.4, 0.5) is 0 Å². The average molecular weight is 298 g/mol. The first-order valence-electron chi connectivity index (χ1n) is 5.89. The van der Waals surface area contributed by atoms with Gasteiger partial charge in [0, 0.05) is 11.0 Å². The van der Waals surface area contributed by atoms with Crippen molar-refractivity contribution in [3.63, 3.8) is 0 Å². The van der Waals surface area contributed by atoms with Crippen molar-refractivity contribution < 1.29 is 4.74 Å². The van der Waals surface area contributed by atoms with Crippen molar-refractivity contribution in [2.24, 2.45) is 0 Å². The van der Waals surface area contributed by atoms with E-state index in [9.17, 15) is 0 Å². The van der Waals surface area contributed by atoms with E-state index in [1.54, 1.807) is 0 Å². The Labute approximate surface area is 112 Å². The second-order valence-corrected chi connectivity index (χ2v) is 4.98. The summed E-state index contributed by atoms with van der Waals surface area (Å²) in [7, 11) is 0. The highest BCUT2D eigenvalue weighted by atomic mass is 79.9. The molecule has 0 aliphatic rings. The highest BCUT2D eigenvalue weighted by Crippen LogP contribution is 2.21. The van der Waals surface area contributed by atoms with E-state index in [0.29, 0.717) is 6.61 Å². The van der Waals surface area contributed by atoms with Crippen molar-refractivity contribution in [3.05, 3.63) is 40.4 Å². The molecule has 1 rings (SSSR count). The van der Waals surface area contributed by atoms with Crippen molar-refractivity contribution >= 4 is 15.9 Å². The molecule has 0 aliphatic carbocycles. The van der Waals surface area contributed by atoms with Crippen LogP contribution in [-0.2, 0) is 0 Å². The van der Waals surface area contributed by atoms with Crippen LogP contribution in [-0.4, -0.2) is 19.7 Å². The van der Waals surface area contributed by atoms with Crippen molar-refractivity contribution in [1.82, 2.24) is 5.32 Å². The minimum atomic E-state index is 0.567. The monoisotopic (exact) mass is 297 g/mol. The number of ether oxygens (including phenoxy) is 1. The lowest BCUT2D eigenvalue weighted by atomic mass is 10.2. The topological polar surface area (TPSA) is 21.3 Å². The Balaban J connectivity index is 2.34. The Morgan fingerprint density at radius 3 is 2.88 bits per heavy atom. The summed E-state index contributed by atoms with van der Waals surface area (Å²) in [6.45, 7) is 10.6. The van der Waals surface area contributed by atoms with Gasteiger partial charge in [-0.1, -0.05) is 29.4 Å². The normalized spacial score (nSPS) is 10.3. The summed E-state index contributed by atoms with van der Waals surface area (Å²) < 4.78 is 6.78. The molecule has 1 aromatic rings. The molecule has 1 aromatic carbocycles. The zero-order valence-corrected chi connectivity index (χ0v) is 12.1. The van der Waals surface area contributed by atoms with Crippen LogP contribution in [0.3, 0.4) is 0 Å². The van der Waals surface area contributed by atoms with E-state index in [1.165, 1.54) is 5.56 Å². The second kappa shape index (κ2) is 7.51. The third kappa shape index (κ3) is 5.37. The molecule has 3 heteroatoms. The van der Waals surface area contributed by atoms with Gasteiger partial charge in [0.05, 0.1) is 0 Å². The third-order valence-electron chi connectivity index (χ3n) is 2.37. The molecule has 0 bridgehead atoms. The number of nitrogens with one attached hydrogen (secondary N) is 1. The van der Waals surface area contributed by atoms with Crippen LogP contribution in [0, 0.1) is 6.92 Å². The smallest absolute Gasteiger partial charge is 0.120 e. The Hall–Kier alpha value is -0.800. The Bertz CT molecular complexity index is 376. The van der Waals surface area contributed by atoms with Gasteiger partial charge < -0.3 is 10.1 Å². The maximum Gasteiger partial charge on any atom is 0.120 e. The summed E-state index contributed by atoms with van der Waals surface area (Å²) in [5, 5.41) is 3.30. The molecule has 1 N–H and O–H groups in total. The van der Waals surface area contributed by atoms with Crippen molar-refractivity contribution in [2.45, 2.75) is 20.3 Å². The van der Waals surface area contributed by atoms with Crippen molar-refractivity contribution in [2.75, 3.05) is 19.7 Å². The summed E-state index contributed by atoms with van der Waals surface area (Å²) in [5.41, 5.74) is 2.25. The molecular formula is C14H20BrNO. The maximum absolute atomic E-state index is 5.67. The fourth-order valence-corrected chi connectivity index (χ4v) is 1.63. The molecule has 0 aromatic heterocycles. The first-order chi connectivity index (χ1) is 8.13. The van der Waals surface area contributed by atoms with Gasteiger partial charge in [-0.15, -0.1) is 0 Å². The van der Waals surface area contributed by atoms with E-state index < -0.39 is 0 Å². The van der Waals surface area contributed by atoms with Gasteiger partial charge in [0.1, 0.15) is 12.4 Å². The lowest BCUT2D eigenvalue weighted by molar-refractivity contribution is 0.348. The summed E-state index contributed by atoms with van der Waals surface area (Å²) in [6.07, 6.45) is 1.14. The van der Waals surface area contributed by atoms with E-state index in [4.69, 9.17) is 4.74 Å². The van der Waals surface area contributed by atoms with E-state index in [0.717, 1.165) is 35.3 Å². The fraction of sp³-hybridized carbons (Fsp3) is 0.429. The quantitative estimate of drug-likeness (QED) is 0.612. The highest BCUT2D eigenvalue weighted by Gasteiger charge is 1.99. The Morgan fingerprint density at radius 1 is 1.47 bits per heavy atom.